The zero-order valence-electron chi connectivity index (χ0n) is 12.1. The van der Waals surface area contributed by atoms with E-state index in [1.165, 1.54) is 43.4 Å². The maximum atomic E-state index is 4.28. The van der Waals surface area contributed by atoms with Crippen LogP contribution < -0.4 is 0 Å². The maximum Gasteiger partial charge on any atom is 0.0526 e. The topological polar surface area (TPSA) is 31.9 Å². The van der Waals surface area contributed by atoms with Crippen LogP contribution in [0.2, 0.25) is 0 Å². The van der Waals surface area contributed by atoms with Gasteiger partial charge in [-0.3, -0.25) is 5.10 Å². The molecular formula is C15H27N3. The fourth-order valence-corrected chi connectivity index (χ4v) is 3.10. The van der Waals surface area contributed by atoms with E-state index in [0.29, 0.717) is 0 Å². The van der Waals surface area contributed by atoms with E-state index in [1.54, 1.807) is 0 Å². The molecule has 0 aliphatic heterocycles. The van der Waals surface area contributed by atoms with Gasteiger partial charge in [-0.25, -0.2) is 0 Å². The van der Waals surface area contributed by atoms with E-state index in [4.69, 9.17) is 0 Å². The first kappa shape index (κ1) is 13.6. The van der Waals surface area contributed by atoms with Crippen molar-refractivity contribution in [2.45, 2.75) is 58.4 Å². The molecule has 0 radical (unpaired) electrons. The first-order chi connectivity index (χ1) is 8.70. The van der Waals surface area contributed by atoms with E-state index in [9.17, 15) is 0 Å². The second kappa shape index (κ2) is 6.37. The molecule has 3 heteroatoms. The van der Waals surface area contributed by atoms with Crippen molar-refractivity contribution in [2.24, 2.45) is 5.92 Å². The van der Waals surface area contributed by atoms with Gasteiger partial charge in [0.05, 0.1) is 11.9 Å². The standard InChI is InChI=1S/C15H27N3/c1-4-9-18(3)11-15-14(10-16-17-15)13-7-5-12(2)6-8-13/h10,12-13H,4-9,11H2,1-3H3,(H,16,17). The van der Waals surface area contributed by atoms with E-state index in [-0.39, 0.29) is 0 Å². The lowest BCUT2D eigenvalue weighted by molar-refractivity contribution is 0.315. The number of hydrogen-bond acceptors (Lipinski definition) is 2. The van der Waals surface area contributed by atoms with Crippen LogP contribution in [0.15, 0.2) is 6.20 Å². The lowest BCUT2D eigenvalue weighted by Gasteiger charge is -2.26. The zero-order chi connectivity index (χ0) is 13.0. The van der Waals surface area contributed by atoms with Crippen LogP contribution >= 0.6 is 0 Å². The average molecular weight is 249 g/mol. The molecule has 102 valence electrons. The van der Waals surface area contributed by atoms with Crippen LogP contribution in [0, 0.1) is 5.92 Å². The van der Waals surface area contributed by atoms with Crippen LogP contribution in [0.3, 0.4) is 0 Å². The highest BCUT2D eigenvalue weighted by atomic mass is 15.2. The molecule has 0 saturated heterocycles. The van der Waals surface area contributed by atoms with Crippen LogP contribution in [0.4, 0.5) is 0 Å². The van der Waals surface area contributed by atoms with Crippen molar-refractivity contribution in [2.75, 3.05) is 13.6 Å². The van der Waals surface area contributed by atoms with Gasteiger partial charge < -0.3 is 4.90 Å². The van der Waals surface area contributed by atoms with Gasteiger partial charge in [0.25, 0.3) is 0 Å². The Morgan fingerprint density at radius 3 is 2.72 bits per heavy atom. The minimum atomic E-state index is 0.741. The number of rotatable bonds is 5. The molecule has 2 rings (SSSR count). The number of aromatic nitrogens is 2. The van der Waals surface area contributed by atoms with E-state index < -0.39 is 0 Å². The first-order valence-electron chi connectivity index (χ1n) is 7.41. The minimum Gasteiger partial charge on any atom is -0.301 e. The largest absolute Gasteiger partial charge is 0.301 e. The zero-order valence-corrected chi connectivity index (χ0v) is 12.1. The van der Waals surface area contributed by atoms with E-state index in [0.717, 1.165) is 24.9 Å². The summed E-state index contributed by atoms with van der Waals surface area (Å²) in [4.78, 5) is 2.38. The molecule has 1 aromatic rings. The van der Waals surface area contributed by atoms with Crippen LogP contribution in [-0.4, -0.2) is 28.7 Å². The molecule has 3 nitrogen and oxygen atoms in total. The van der Waals surface area contributed by atoms with Gasteiger partial charge in [0, 0.05) is 6.54 Å². The monoisotopic (exact) mass is 249 g/mol. The number of nitrogens with zero attached hydrogens (tertiary/aromatic N) is 2. The molecule has 0 unspecified atom stereocenters. The Bertz CT molecular complexity index is 350. The predicted molar refractivity (Wildman–Crippen MR) is 75.6 cm³/mol. The molecule has 1 fully saturated rings. The summed E-state index contributed by atoms with van der Waals surface area (Å²) in [5.74, 6) is 1.66. The summed E-state index contributed by atoms with van der Waals surface area (Å²) in [5, 5.41) is 7.49. The molecule has 0 atom stereocenters. The molecule has 1 aromatic heterocycles. The van der Waals surface area contributed by atoms with Crippen LogP contribution in [0.1, 0.15) is 63.1 Å². The van der Waals surface area contributed by atoms with Gasteiger partial charge in [0.1, 0.15) is 0 Å². The Morgan fingerprint density at radius 2 is 2.06 bits per heavy atom. The lowest BCUT2D eigenvalue weighted by Crippen LogP contribution is -2.20. The smallest absolute Gasteiger partial charge is 0.0526 e. The van der Waals surface area contributed by atoms with Crippen molar-refractivity contribution in [1.82, 2.24) is 15.1 Å². The number of H-pyrrole nitrogens is 1. The van der Waals surface area contributed by atoms with Crippen LogP contribution in [0.25, 0.3) is 0 Å². The number of nitrogens with one attached hydrogen (secondary N) is 1. The molecule has 1 aliphatic rings. The summed E-state index contributed by atoms with van der Waals surface area (Å²) < 4.78 is 0. The van der Waals surface area contributed by atoms with E-state index in [2.05, 4.69) is 42.2 Å². The van der Waals surface area contributed by atoms with Gasteiger partial charge in [0.15, 0.2) is 0 Å². The Morgan fingerprint density at radius 1 is 1.33 bits per heavy atom. The summed E-state index contributed by atoms with van der Waals surface area (Å²) in [5.41, 5.74) is 2.82. The van der Waals surface area contributed by atoms with Crippen molar-refractivity contribution in [3.63, 3.8) is 0 Å². The highest BCUT2D eigenvalue weighted by molar-refractivity contribution is 5.22. The van der Waals surface area contributed by atoms with Crippen LogP contribution in [-0.2, 0) is 6.54 Å². The molecule has 1 N–H and O–H groups in total. The minimum absolute atomic E-state index is 0.741. The molecule has 0 amide bonds. The predicted octanol–water partition coefficient (Wildman–Crippen LogP) is 3.55. The molecule has 0 bridgehead atoms. The molecule has 0 aromatic carbocycles. The second-order valence-electron chi connectivity index (χ2n) is 6.00. The van der Waals surface area contributed by atoms with Crippen molar-refractivity contribution >= 4 is 0 Å². The highest BCUT2D eigenvalue weighted by Gasteiger charge is 2.23. The number of hydrogen-bond donors (Lipinski definition) is 1. The molecule has 1 heterocycles. The summed E-state index contributed by atoms with van der Waals surface area (Å²) in [6.45, 7) is 6.77. The van der Waals surface area contributed by atoms with Crippen molar-refractivity contribution < 1.29 is 0 Å². The van der Waals surface area contributed by atoms with E-state index in [1.807, 2.05) is 0 Å². The van der Waals surface area contributed by atoms with Crippen molar-refractivity contribution in [1.29, 1.82) is 0 Å². The normalized spacial score (nSPS) is 24.7. The van der Waals surface area contributed by atoms with E-state index >= 15 is 0 Å². The third kappa shape index (κ3) is 3.35. The fraction of sp³-hybridized carbons (Fsp3) is 0.800. The van der Waals surface area contributed by atoms with Gasteiger partial charge in [-0.15, -0.1) is 0 Å². The molecular weight excluding hydrogens is 222 g/mol. The van der Waals surface area contributed by atoms with Crippen LogP contribution in [0.5, 0.6) is 0 Å². The highest BCUT2D eigenvalue weighted by Crippen LogP contribution is 2.36. The summed E-state index contributed by atoms with van der Waals surface area (Å²) in [6, 6.07) is 0. The number of aromatic amines is 1. The summed E-state index contributed by atoms with van der Waals surface area (Å²) in [6.07, 6.45) is 8.70. The third-order valence-electron chi connectivity index (χ3n) is 4.24. The Hall–Kier alpha value is -0.830. The Labute approximate surface area is 111 Å². The molecule has 0 spiro atoms. The fourth-order valence-electron chi connectivity index (χ4n) is 3.10. The maximum absolute atomic E-state index is 4.28. The quantitative estimate of drug-likeness (QED) is 0.865. The Balaban J connectivity index is 1.98. The van der Waals surface area contributed by atoms with Gasteiger partial charge >= 0.3 is 0 Å². The average Bonchev–Trinajstić information content (AvgIpc) is 2.78. The first-order valence-corrected chi connectivity index (χ1v) is 7.41. The van der Waals surface area contributed by atoms with Gasteiger partial charge in [-0.1, -0.05) is 26.7 Å². The lowest BCUT2D eigenvalue weighted by atomic mass is 9.79. The molecule has 1 saturated carbocycles. The summed E-state index contributed by atoms with van der Waals surface area (Å²) >= 11 is 0. The molecule has 18 heavy (non-hydrogen) atoms. The Kier molecular flexibility index (Phi) is 4.81. The third-order valence-corrected chi connectivity index (χ3v) is 4.24. The van der Waals surface area contributed by atoms with Gasteiger partial charge in [0.2, 0.25) is 0 Å². The SMILES string of the molecule is CCCN(C)Cc1[nH]ncc1C1CCC(C)CC1. The molecule has 1 aliphatic carbocycles. The van der Waals surface area contributed by atoms with Gasteiger partial charge in [-0.05, 0) is 50.3 Å². The van der Waals surface area contributed by atoms with Crippen molar-refractivity contribution in [3.05, 3.63) is 17.5 Å². The van der Waals surface area contributed by atoms with Crippen molar-refractivity contribution in [3.8, 4) is 0 Å². The summed E-state index contributed by atoms with van der Waals surface area (Å²) in [7, 11) is 2.19. The second-order valence-corrected chi connectivity index (χ2v) is 6.00. The van der Waals surface area contributed by atoms with Gasteiger partial charge in [-0.2, -0.15) is 5.10 Å².